The number of anilines is 1. The number of hydrogen-bond donors (Lipinski definition) is 2. The summed E-state index contributed by atoms with van der Waals surface area (Å²) in [4.78, 5) is 13.3. The molecule has 10 heteroatoms. The van der Waals surface area contributed by atoms with Crippen molar-refractivity contribution in [2.24, 2.45) is 0 Å². The first kappa shape index (κ1) is 22.0. The van der Waals surface area contributed by atoms with Gasteiger partial charge in [-0.1, -0.05) is 48.5 Å². The summed E-state index contributed by atoms with van der Waals surface area (Å²) in [5.41, 5.74) is 0.239. The Morgan fingerprint density at radius 1 is 1.16 bits per heavy atom. The first-order valence-electron chi connectivity index (χ1n) is 10.1. The zero-order chi connectivity index (χ0) is 22.3. The van der Waals surface area contributed by atoms with E-state index in [9.17, 15) is 18.0 Å². The van der Waals surface area contributed by atoms with Crippen LogP contribution in [0, 0.1) is 0 Å². The maximum Gasteiger partial charge on any atom is 0.435 e. The highest BCUT2D eigenvalue weighted by atomic mass is 35.5. The summed E-state index contributed by atoms with van der Waals surface area (Å²) < 4.78 is 41.2. The highest BCUT2D eigenvalue weighted by Crippen LogP contribution is 2.40. The summed E-state index contributed by atoms with van der Waals surface area (Å²) in [6.07, 6.45) is 0.360. The minimum absolute atomic E-state index is 0.0424. The number of allylic oxidation sites excluding steroid dienone is 1. The average Bonchev–Trinajstić information content (AvgIpc) is 3.14. The summed E-state index contributed by atoms with van der Waals surface area (Å²) >= 11 is 12.2. The van der Waals surface area contributed by atoms with Crippen LogP contribution < -0.4 is 10.6 Å². The molecule has 166 valence electrons. The molecular formula is C21H21Cl2F3N4O. The van der Waals surface area contributed by atoms with Gasteiger partial charge in [0.2, 0.25) is 0 Å². The molecule has 1 unspecified atom stereocenters. The lowest BCUT2D eigenvalue weighted by molar-refractivity contribution is -0.141. The topological polar surface area (TPSA) is 59.0 Å². The molecule has 1 atom stereocenters. The van der Waals surface area contributed by atoms with Crippen LogP contribution in [0.25, 0.3) is 0 Å². The van der Waals surface area contributed by atoms with E-state index in [-0.39, 0.29) is 22.8 Å². The van der Waals surface area contributed by atoms with Crippen molar-refractivity contribution in [3.8, 4) is 0 Å². The number of carbonyl (C=O) groups is 1. The van der Waals surface area contributed by atoms with Crippen LogP contribution in [-0.4, -0.2) is 21.7 Å². The number of aromatic nitrogens is 2. The Balaban J connectivity index is 1.78. The van der Waals surface area contributed by atoms with Crippen molar-refractivity contribution < 1.29 is 18.0 Å². The minimum Gasteiger partial charge on any atom is -0.349 e. The summed E-state index contributed by atoms with van der Waals surface area (Å²) in [5, 5.41) is 10.3. The molecule has 2 aromatic rings. The fourth-order valence-electron chi connectivity index (χ4n) is 4.20. The summed E-state index contributed by atoms with van der Waals surface area (Å²) in [7, 11) is 0. The average molecular weight is 473 g/mol. The van der Waals surface area contributed by atoms with Gasteiger partial charge in [0.25, 0.3) is 5.91 Å². The highest BCUT2D eigenvalue weighted by Gasteiger charge is 2.40. The molecule has 4 rings (SSSR count). The molecule has 0 bridgehead atoms. The van der Waals surface area contributed by atoms with Crippen molar-refractivity contribution in [3.63, 3.8) is 0 Å². The lowest BCUT2D eigenvalue weighted by Crippen LogP contribution is -2.41. The van der Waals surface area contributed by atoms with Crippen LogP contribution in [0.15, 0.2) is 35.5 Å². The standard InChI is InChI=1S/C21H21Cl2F3N4O/c1-11-18(20(31)28-13-5-3-2-4-6-13)19(12-7-8-14(22)15(23)9-12)30-17(27-11)10-16(29-30)21(24,25)26/h7-10,13,19,27H,2-6H2,1H3,(H,28,31). The van der Waals surface area contributed by atoms with Gasteiger partial charge in [-0.15, -0.1) is 0 Å². The number of alkyl halides is 3. The monoisotopic (exact) mass is 472 g/mol. The number of rotatable bonds is 3. The molecule has 0 radical (unpaired) electrons. The maximum atomic E-state index is 13.3. The van der Waals surface area contributed by atoms with Crippen molar-refractivity contribution in [3.05, 3.63) is 56.8 Å². The van der Waals surface area contributed by atoms with E-state index in [0.717, 1.165) is 38.2 Å². The number of fused-ring (bicyclic) bond motifs is 1. The van der Waals surface area contributed by atoms with E-state index in [4.69, 9.17) is 23.2 Å². The normalized spacial score (nSPS) is 19.7. The van der Waals surface area contributed by atoms with Gasteiger partial charge in [-0.05, 0) is 37.5 Å². The summed E-state index contributed by atoms with van der Waals surface area (Å²) in [6, 6.07) is 4.85. The number of halogens is 5. The molecule has 31 heavy (non-hydrogen) atoms. The van der Waals surface area contributed by atoms with Gasteiger partial charge < -0.3 is 10.6 Å². The van der Waals surface area contributed by atoms with E-state index in [1.165, 1.54) is 4.68 Å². The molecule has 2 N–H and O–H groups in total. The zero-order valence-corrected chi connectivity index (χ0v) is 18.2. The van der Waals surface area contributed by atoms with Crippen molar-refractivity contribution in [2.75, 3.05) is 5.32 Å². The van der Waals surface area contributed by atoms with Gasteiger partial charge in [0.15, 0.2) is 5.69 Å². The third kappa shape index (κ3) is 4.41. The van der Waals surface area contributed by atoms with Crippen molar-refractivity contribution in [1.82, 2.24) is 15.1 Å². The fraction of sp³-hybridized carbons (Fsp3) is 0.429. The molecule has 1 saturated carbocycles. The molecule has 2 aliphatic rings. The SMILES string of the molecule is CC1=C(C(=O)NC2CCCCC2)C(c2ccc(Cl)c(Cl)c2)n2nc(C(F)(F)F)cc2N1. The Bertz CT molecular complexity index is 1040. The second-order valence-corrected chi connectivity index (χ2v) is 8.72. The molecule has 0 spiro atoms. The Hall–Kier alpha value is -2.19. The van der Waals surface area contributed by atoms with Gasteiger partial charge in [0, 0.05) is 17.8 Å². The zero-order valence-electron chi connectivity index (χ0n) is 16.7. The lowest BCUT2D eigenvalue weighted by Gasteiger charge is -2.31. The molecule has 2 heterocycles. The predicted octanol–water partition coefficient (Wildman–Crippen LogP) is 5.95. The number of carbonyl (C=O) groups excluding carboxylic acids is 1. The second kappa shape index (κ2) is 8.39. The number of nitrogens with one attached hydrogen (secondary N) is 2. The Labute approximate surface area is 187 Å². The van der Waals surface area contributed by atoms with Gasteiger partial charge in [-0.25, -0.2) is 4.68 Å². The van der Waals surface area contributed by atoms with E-state index in [1.807, 2.05) is 0 Å². The largest absolute Gasteiger partial charge is 0.435 e. The third-order valence-electron chi connectivity index (χ3n) is 5.71. The van der Waals surface area contributed by atoms with E-state index >= 15 is 0 Å². The van der Waals surface area contributed by atoms with Gasteiger partial charge in [-0.3, -0.25) is 4.79 Å². The van der Waals surface area contributed by atoms with Crippen LogP contribution in [0.3, 0.4) is 0 Å². The van der Waals surface area contributed by atoms with Gasteiger partial charge in [0.05, 0.1) is 15.6 Å². The number of benzene rings is 1. The van der Waals surface area contributed by atoms with E-state index in [2.05, 4.69) is 15.7 Å². The quantitative estimate of drug-likeness (QED) is 0.580. The minimum atomic E-state index is -4.62. The molecule has 1 aliphatic heterocycles. The van der Waals surface area contributed by atoms with Crippen LogP contribution in [0.4, 0.5) is 19.0 Å². The summed E-state index contributed by atoms with van der Waals surface area (Å²) in [6.45, 7) is 1.67. The van der Waals surface area contributed by atoms with Crippen molar-refractivity contribution >= 4 is 34.9 Å². The molecule has 1 aromatic carbocycles. The van der Waals surface area contributed by atoms with Gasteiger partial charge in [0.1, 0.15) is 11.9 Å². The van der Waals surface area contributed by atoms with E-state index in [1.54, 1.807) is 25.1 Å². The number of amides is 1. The smallest absolute Gasteiger partial charge is 0.349 e. The van der Waals surface area contributed by atoms with Crippen LogP contribution in [0.2, 0.25) is 10.0 Å². The molecular weight excluding hydrogens is 452 g/mol. The van der Waals surface area contributed by atoms with Crippen LogP contribution in [-0.2, 0) is 11.0 Å². The van der Waals surface area contributed by atoms with Gasteiger partial charge in [-0.2, -0.15) is 18.3 Å². The van der Waals surface area contributed by atoms with Crippen LogP contribution in [0.1, 0.15) is 56.3 Å². The fourth-order valence-corrected chi connectivity index (χ4v) is 4.51. The Morgan fingerprint density at radius 3 is 2.52 bits per heavy atom. The third-order valence-corrected chi connectivity index (χ3v) is 6.45. The molecule has 1 aliphatic carbocycles. The van der Waals surface area contributed by atoms with Crippen molar-refractivity contribution in [2.45, 2.75) is 57.3 Å². The Morgan fingerprint density at radius 2 is 1.87 bits per heavy atom. The first-order chi connectivity index (χ1) is 14.6. The molecule has 1 fully saturated rings. The molecule has 0 saturated heterocycles. The Kier molecular flexibility index (Phi) is 5.96. The second-order valence-electron chi connectivity index (χ2n) is 7.91. The van der Waals surface area contributed by atoms with Crippen molar-refractivity contribution in [1.29, 1.82) is 0 Å². The van der Waals surface area contributed by atoms with E-state index < -0.39 is 17.9 Å². The maximum absolute atomic E-state index is 13.3. The number of hydrogen-bond acceptors (Lipinski definition) is 3. The van der Waals surface area contributed by atoms with E-state index in [0.29, 0.717) is 21.9 Å². The molecule has 5 nitrogen and oxygen atoms in total. The summed E-state index contributed by atoms with van der Waals surface area (Å²) in [5.74, 6) is -0.183. The van der Waals surface area contributed by atoms with Crippen LogP contribution in [0.5, 0.6) is 0 Å². The molecule has 1 amide bonds. The van der Waals surface area contributed by atoms with Gasteiger partial charge >= 0.3 is 6.18 Å². The predicted molar refractivity (Wildman–Crippen MR) is 113 cm³/mol. The lowest BCUT2D eigenvalue weighted by atomic mass is 9.92. The number of nitrogens with zero attached hydrogens (tertiary/aromatic N) is 2. The van der Waals surface area contributed by atoms with Crippen LogP contribution >= 0.6 is 23.2 Å². The highest BCUT2D eigenvalue weighted by molar-refractivity contribution is 6.42. The first-order valence-corrected chi connectivity index (χ1v) is 10.8. The molecule has 1 aromatic heterocycles.